The molecule has 0 bridgehead atoms. The van der Waals surface area contributed by atoms with E-state index in [0.29, 0.717) is 30.0 Å². The van der Waals surface area contributed by atoms with Gasteiger partial charge < -0.3 is 9.64 Å². The first-order valence-corrected chi connectivity index (χ1v) is 5.41. The van der Waals surface area contributed by atoms with Gasteiger partial charge in [0.15, 0.2) is 0 Å². The van der Waals surface area contributed by atoms with Crippen molar-refractivity contribution in [2.45, 2.75) is 0 Å². The summed E-state index contributed by atoms with van der Waals surface area (Å²) in [4.78, 5) is 20.8. The highest BCUT2D eigenvalue weighted by Gasteiger charge is 2.06. The highest BCUT2D eigenvalue weighted by Crippen LogP contribution is 2.09. The molecule has 90 valence electrons. The summed E-state index contributed by atoms with van der Waals surface area (Å²) in [6, 6.07) is 7.29. The number of methoxy groups -OCH3 is 1. The fraction of sp³-hybridized carbons (Fsp3) is 0.333. The third-order valence-corrected chi connectivity index (χ3v) is 2.59. The fourth-order valence-electron chi connectivity index (χ4n) is 1.59. The van der Waals surface area contributed by atoms with Gasteiger partial charge in [0.25, 0.3) is 5.56 Å². The number of ether oxygens (including phenoxy) is 1. The van der Waals surface area contributed by atoms with Crippen molar-refractivity contribution in [2.75, 3.05) is 32.2 Å². The zero-order valence-corrected chi connectivity index (χ0v) is 9.93. The highest BCUT2D eigenvalue weighted by molar-refractivity contribution is 5.78. The summed E-state index contributed by atoms with van der Waals surface area (Å²) in [6.45, 7) is 1.27. The molecular weight excluding hydrogens is 218 g/mol. The van der Waals surface area contributed by atoms with E-state index in [1.165, 1.54) is 0 Å². The largest absolute Gasteiger partial charge is 0.383 e. The van der Waals surface area contributed by atoms with Gasteiger partial charge in [-0.05, 0) is 12.1 Å². The predicted molar refractivity (Wildman–Crippen MR) is 67.5 cm³/mol. The Bertz CT molecular complexity index is 565. The molecule has 17 heavy (non-hydrogen) atoms. The summed E-state index contributed by atoms with van der Waals surface area (Å²) in [6.07, 6.45) is 0. The topological polar surface area (TPSA) is 58.2 Å². The lowest BCUT2D eigenvalue weighted by molar-refractivity contribution is 0.206. The average Bonchev–Trinajstić information content (AvgIpc) is 2.36. The Hall–Kier alpha value is -1.88. The van der Waals surface area contributed by atoms with Crippen molar-refractivity contribution in [3.05, 3.63) is 34.6 Å². The first-order chi connectivity index (χ1) is 8.22. The number of anilines is 1. The van der Waals surface area contributed by atoms with Crippen LogP contribution in [0.3, 0.4) is 0 Å². The zero-order valence-electron chi connectivity index (χ0n) is 9.93. The number of aromatic nitrogens is 2. The van der Waals surface area contributed by atoms with Crippen LogP contribution in [0.4, 0.5) is 5.95 Å². The minimum atomic E-state index is -0.116. The molecule has 0 radical (unpaired) electrons. The molecule has 1 aromatic carbocycles. The molecule has 0 aliphatic heterocycles. The van der Waals surface area contributed by atoms with Gasteiger partial charge in [0.05, 0.1) is 17.5 Å². The Kier molecular flexibility index (Phi) is 3.39. The van der Waals surface area contributed by atoms with Gasteiger partial charge in [-0.3, -0.25) is 9.78 Å². The molecule has 0 spiro atoms. The van der Waals surface area contributed by atoms with E-state index < -0.39 is 0 Å². The summed E-state index contributed by atoms with van der Waals surface area (Å²) >= 11 is 0. The molecule has 2 aromatic rings. The van der Waals surface area contributed by atoms with Gasteiger partial charge in [-0.25, -0.2) is 4.98 Å². The Morgan fingerprint density at radius 2 is 2.18 bits per heavy atom. The van der Waals surface area contributed by atoms with Crippen molar-refractivity contribution in [3.8, 4) is 0 Å². The summed E-state index contributed by atoms with van der Waals surface area (Å²) in [5.74, 6) is 0.561. The van der Waals surface area contributed by atoms with Crippen LogP contribution >= 0.6 is 0 Å². The zero-order chi connectivity index (χ0) is 12.3. The van der Waals surface area contributed by atoms with Gasteiger partial charge >= 0.3 is 0 Å². The minimum absolute atomic E-state index is 0.116. The average molecular weight is 233 g/mol. The second kappa shape index (κ2) is 4.97. The number of fused-ring (bicyclic) bond motifs is 1. The van der Waals surface area contributed by atoms with Crippen LogP contribution in [-0.4, -0.2) is 37.3 Å². The van der Waals surface area contributed by atoms with Gasteiger partial charge in [-0.2, -0.15) is 0 Å². The molecule has 0 aliphatic rings. The summed E-state index contributed by atoms with van der Waals surface area (Å²) in [5.41, 5.74) is 0.588. The van der Waals surface area contributed by atoms with Crippen molar-refractivity contribution in [2.24, 2.45) is 0 Å². The molecule has 0 fully saturated rings. The molecule has 1 N–H and O–H groups in total. The molecule has 2 rings (SSSR count). The third-order valence-electron chi connectivity index (χ3n) is 2.59. The maximum atomic E-state index is 11.8. The number of rotatable bonds is 4. The van der Waals surface area contributed by atoms with Crippen LogP contribution in [0, 0.1) is 0 Å². The number of hydrogen-bond donors (Lipinski definition) is 1. The number of likely N-dealkylation sites (N-methyl/N-ethyl adjacent to an activating group) is 1. The van der Waals surface area contributed by atoms with Crippen LogP contribution in [0.1, 0.15) is 0 Å². The van der Waals surface area contributed by atoms with Crippen LogP contribution in [-0.2, 0) is 4.74 Å². The van der Waals surface area contributed by atoms with Crippen molar-refractivity contribution in [1.29, 1.82) is 0 Å². The van der Waals surface area contributed by atoms with Gasteiger partial charge in [0.1, 0.15) is 0 Å². The molecule has 5 heteroatoms. The molecule has 5 nitrogen and oxygen atoms in total. The number of para-hydroxylation sites is 1. The van der Waals surface area contributed by atoms with Crippen molar-refractivity contribution >= 4 is 16.9 Å². The van der Waals surface area contributed by atoms with Gasteiger partial charge in [-0.1, -0.05) is 12.1 Å². The van der Waals surface area contributed by atoms with Crippen LogP contribution in [0.2, 0.25) is 0 Å². The van der Waals surface area contributed by atoms with E-state index in [0.717, 1.165) is 0 Å². The maximum absolute atomic E-state index is 11.8. The van der Waals surface area contributed by atoms with Crippen LogP contribution in [0.15, 0.2) is 29.1 Å². The van der Waals surface area contributed by atoms with Gasteiger partial charge in [0, 0.05) is 20.7 Å². The van der Waals surface area contributed by atoms with E-state index in [1.54, 1.807) is 13.2 Å². The molecule has 0 aliphatic carbocycles. The number of nitrogens with zero attached hydrogens (tertiary/aromatic N) is 2. The summed E-state index contributed by atoms with van der Waals surface area (Å²) in [5, 5.41) is 0.608. The number of benzene rings is 1. The SMILES string of the molecule is COCCN(C)c1nc2ccccc2c(=O)[nH]1. The lowest BCUT2D eigenvalue weighted by Gasteiger charge is -2.17. The molecule has 0 saturated carbocycles. The highest BCUT2D eigenvalue weighted by atomic mass is 16.5. The van der Waals surface area contributed by atoms with Gasteiger partial charge in [-0.15, -0.1) is 0 Å². The van der Waals surface area contributed by atoms with Crippen LogP contribution in [0.25, 0.3) is 10.9 Å². The minimum Gasteiger partial charge on any atom is -0.383 e. The Balaban J connectivity index is 2.39. The molecule has 1 heterocycles. The lowest BCUT2D eigenvalue weighted by Crippen LogP contribution is -2.26. The van der Waals surface area contributed by atoms with Crippen molar-refractivity contribution in [3.63, 3.8) is 0 Å². The molecule has 0 amide bonds. The standard InChI is InChI=1S/C12H15N3O2/c1-15(7-8-17-2)12-13-10-6-4-3-5-9(10)11(16)14-12/h3-6H,7-8H2,1-2H3,(H,13,14,16). The Morgan fingerprint density at radius 3 is 2.94 bits per heavy atom. The first-order valence-electron chi connectivity index (χ1n) is 5.41. The van der Waals surface area contributed by atoms with Crippen LogP contribution < -0.4 is 10.5 Å². The van der Waals surface area contributed by atoms with E-state index in [1.807, 2.05) is 30.1 Å². The normalized spacial score (nSPS) is 10.7. The Morgan fingerprint density at radius 1 is 1.41 bits per heavy atom. The van der Waals surface area contributed by atoms with E-state index in [4.69, 9.17) is 4.74 Å². The summed E-state index contributed by atoms with van der Waals surface area (Å²) < 4.78 is 4.99. The fourth-order valence-corrected chi connectivity index (χ4v) is 1.59. The monoisotopic (exact) mass is 233 g/mol. The van der Waals surface area contributed by atoms with E-state index >= 15 is 0 Å². The molecular formula is C12H15N3O2. The molecule has 0 atom stereocenters. The number of H-pyrrole nitrogens is 1. The van der Waals surface area contributed by atoms with Crippen molar-refractivity contribution in [1.82, 2.24) is 9.97 Å². The number of hydrogen-bond acceptors (Lipinski definition) is 4. The lowest BCUT2D eigenvalue weighted by atomic mass is 10.2. The van der Waals surface area contributed by atoms with E-state index in [9.17, 15) is 4.79 Å². The van der Waals surface area contributed by atoms with E-state index in [2.05, 4.69) is 9.97 Å². The quantitative estimate of drug-likeness (QED) is 0.856. The second-order valence-corrected chi connectivity index (χ2v) is 3.82. The Labute approximate surface area is 99.0 Å². The van der Waals surface area contributed by atoms with Crippen LogP contribution in [0.5, 0.6) is 0 Å². The molecule has 1 aromatic heterocycles. The second-order valence-electron chi connectivity index (χ2n) is 3.82. The first kappa shape index (κ1) is 11.6. The third kappa shape index (κ3) is 2.45. The number of aromatic amines is 1. The van der Waals surface area contributed by atoms with Crippen molar-refractivity contribution < 1.29 is 4.74 Å². The molecule has 0 unspecified atom stereocenters. The maximum Gasteiger partial charge on any atom is 0.260 e. The summed E-state index contributed by atoms with van der Waals surface area (Å²) in [7, 11) is 3.51. The predicted octanol–water partition coefficient (Wildman–Crippen LogP) is 1.01. The van der Waals surface area contributed by atoms with E-state index in [-0.39, 0.29) is 5.56 Å². The smallest absolute Gasteiger partial charge is 0.260 e. The molecule has 0 saturated heterocycles. The van der Waals surface area contributed by atoms with Gasteiger partial charge in [0.2, 0.25) is 5.95 Å². The number of nitrogens with one attached hydrogen (secondary N) is 1.